The van der Waals surface area contributed by atoms with Crippen molar-refractivity contribution in [2.24, 2.45) is 5.92 Å². The van der Waals surface area contributed by atoms with Crippen molar-refractivity contribution in [3.8, 4) is 0 Å². The molecule has 2 saturated carbocycles. The van der Waals surface area contributed by atoms with E-state index in [4.69, 9.17) is 4.74 Å². The standard InChI is InChI=1S/C12H23NO2/c1-2-15-12-6-10(7-12)13-8-9-3-4-11(14)5-9/h9-14H,2-8H2,1H3. The first-order chi connectivity index (χ1) is 7.28. The van der Waals surface area contributed by atoms with Crippen LogP contribution < -0.4 is 5.32 Å². The van der Waals surface area contributed by atoms with Crippen LogP contribution in [0.2, 0.25) is 0 Å². The van der Waals surface area contributed by atoms with Gasteiger partial charge in [0.05, 0.1) is 12.2 Å². The number of hydrogen-bond acceptors (Lipinski definition) is 3. The molecule has 3 nitrogen and oxygen atoms in total. The first-order valence-corrected chi connectivity index (χ1v) is 6.31. The molecule has 15 heavy (non-hydrogen) atoms. The summed E-state index contributed by atoms with van der Waals surface area (Å²) in [6.45, 7) is 3.98. The lowest BCUT2D eigenvalue weighted by Gasteiger charge is -2.36. The third-order valence-electron chi connectivity index (χ3n) is 3.71. The van der Waals surface area contributed by atoms with E-state index < -0.39 is 0 Å². The molecule has 0 heterocycles. The summed E-state index contributed by atoms with van der Waals surface area (Å²) < 4.78 is 5.52. The fourth-order valence-electron chi connectivity index (χ4n) is 2.67. The van der Waals surface area contributed by atoms with E-state index in [-0.39, 0.29) is 6.10 Å². The van der Waals surface area contributed by atoms with Crippen molar-refractivity contribution >= 4 is 0 Å². The lowest BCUT2D eigenvalue weighted by atomic mass is 9.88. The highest BCUT2D eigenvalue weighted by molar-refractivity contribution is 4.87. The largest absolute Gasteiger partial charge is 0.393 e. The van der Waals surface area contributed by atoms with Crippen molar-refractivity contribution in [2.45, 2.75) is 57.3 Å². The van der Waals surface area contributed by atoms with Crippen LogP contribution in [0.4, 0.5) is 0 Å². The van der Waals surface area contributed by atoms with E-state index in [1.807, 2.05) is 0 Å². The van der Waals surface area contributed by atoms with E-state index in [0.717, 1.165) is 26.0 Å². The van der Waals surface area contributed by atoms with Crippen molar-refractivity contribution in [3.05, 3.63) is 0 Å². The monoisotopic (exact) mass is 213 g/mol. The van der Waals surface area contributed by atoms with Crippen LogP contribution >= 0.6 is 0 Å². The lowest BCUT2D eigenvalue weighted by molar-refractivity contribution is -0.0106. The topological polar surface area (TPSA) is 41.5 Å². The van der Waals surface area contributed by atoms with Crippen molar-refractivity contribution in [2.75, 3.05) is 13.2 Å². The molecule has 2 rings (SSSR count). The van der Waals surface area contributed by atoms with Crippen LogP contribution in [-0.4, -0.2) is 36.5 Å². The number of aliphatic hydroxyl groups is 1. The van der Waals surface area contributed by atoms with Crippen LogP contribution in [0.3, 0.4) is 0 Å². The third kappa shape index (κ3) is 3.16. The second-order valence-electron chi connectivity index (χ2n) is 4.99. The summed E-state index contributed by atoms with van der Waals surface area (Å²) in [6, 6.07) is 0.666. The van der Waals surface area contributed by atoms with Crippen LogP contribution in [0, 0.1) is 5.92 Å². The molecule has 0 aromatic heterocycles. The number of aliphatic hydroxyl groups excluding tert-OH is 1. The minimum absolute atomic E-state index is 0.0330. The molecular formula is C12H23NO2. The molecule has 0 bridgehead atoms. The zero-order valence-corrected chi connectivity index (χ0v) is 9.61. The molecule has 3 heteroatoms. The van der Waals surface area contributed by atoms with Gasteiger partial charge in [0.1, 0.15) is 0 Å². The van der Waals surface area contributed by atoms with Crippen LogP contribution in [0.5, 0.6) is 0 Å². The number of ether oxygens (including phenoxy) is 1. The summed E-state index contributed by atoms with van der Waals surface area (Å²) in [6.07, 6.45) is 5.99. The Morgan fingerprint density at radius 3 is 2.67 bits per heavy atom. The molecule has 2 atom stereocenters. The third-order valence-corrected chi connectivity index (χ3v) is 3.71. The van der Waals surface area contributed by atoms with Crippen molar-refractivity contribution in [1.82, 2.24) is 5.32 Å². The molecule has 0 aliphatic heterocycles. The molecule has 0 amide bonds. The van der Waals surface area contributed by atoms with Gasteiger partial charge in [0, 0.05) is 12.6 Å². The van der Waals surface area contributed by atoms with E-state index in [9.17, 15) is 5.11 Å². The Balaban J connectivity index is 1.53. The second kappa shape index (κ2) is 5.28. The zero-order valence-electron chi connectivity index (χ0n) is 9.61. The highest BCUT2D eigenvalue weighted by atomic mass is 16.5. The van der Waals surface area contributed by atoms with Crippen LogP contribution in [-0.2, 0) is 4.74 Å². The molecule has 0 spiro atoms. The Kier molecular flexibility index (Phi) is 4.00. The maximum absolute atomic E-state index is 9.40. The summed E-state index contributed by atoms with van der Waals surface area (Å²) in [5.74, 6) is 0.700. The Hall–Kier alpha value is -0.120. The van der Waals surface area contributed by atoms with Gasteiger partial charge in [0.15, 0.2) is 0 Å². The zero-order chi connectivity index (χ0) is 10.7. The highest BCUT2D eigenvalue weighted by Gasteiger charge is 2.30. The van der Waals surface area contributed by atoms with E-state index in [2.05, 4.69) is 12.2 Å². The minimum atomic E-state index is -0.0330. The minimum Gasteiger partial charge on any atom is -0.393 e. The van der Waals surface area contributed by atoms with E-state index >= 15 is 0 Å². The smallest absolute Gasteiger partial charge is 0.0604 e. The van der Waals surface area contributed by atoms with Gasteiger partial charge in [-0.25, -0.2) is 0 Å². The molecule has 0 saturated heterocycles. The van der Waals surface area contributed by atoms with Gasteiger partial charge < -0.3 is 15.2 Å². The van der Waals surface area contributed by atoms with E-state index in [1.54, 1.807) is 0 Å². The summed E-state index contributed by atoms with van der Waals surface area (Å²) in [4.78, 5) is 0. The molecule has 88 valence electrons. The first-order valence-electron chi connectivity index (χ1n) is 6.31. The fraction of sp³-hybridized carbons (Fsp3) is 1.00. The quantitative estimate of drug-likeness (QED) is 0.723. The molecule has 0 aromatic carbocycles. The molecule has 2 aliphatic rings. The lowest BCUT2D eigenvalue weighted by Crippen LogP contribution is -2.46. The average Bonchev–Trinajstić information content (AvgIpc) is 2.55. The molecule has 2 fully saturated rings. The fourth-order valence-corrected chi connectivity index (χ4v) is 2.67. The maximum Gasteiger partial charge on any atom is 0.0604 e. The molecule has 2 N–H and O–H groups in total. The highest BCUT2D eigenvalue weighted by Crippen LogP contribution is 2.27. The van der Waals surface area contributed by atoms with Gasteiger partial charge in [-0.2, -0.15) is 0 Å². The molecule has 0 aromatic rings. The maximum atomic E-state index is 9.40. The Morgan fingerprint density at radius 1 is 1.27 bits per heavy atom. The number of hydrogen-bond donors (Lipinski definition) is 2. The predicted molar refractivity (Wildman–Crippen MR) is 59.8 cm³/mol. The Bertz CT molecular complexity index is 192. The normalized spacial score (nSPS) is 40.4. The van der Waals surface area contributed by atoms with Gasteiger partial charge in [0.25, 0.3) is 0 Å². The van der Waals surface area contributed by atoms with Crippen molar-refractivity contribution in [3.63, 3.8) is 0 Å². The van der Waals surface area contributed by atoms with Crippen molar-refractivity contribution in [1.29, 1.82) is 0 Å². The molecule has 0 radical (unpaired) electrons. The van der Waals surface area contributed by atoms with Crippen LogP contribution in [0.25, 0.3) is 0 Å². The first kappa shape index (κ1) is 11.4. The number of nitrogens with one attached hydrogen (secondary N) is 1. The Labute approximate surface area is 92.2 Å². The Morgan fingerprint density at radius 2 is 2.07 bits per heavy atom. The van der Waals surface area contributed by atoms with Gasteiger partial charge in [-0.3, -0.25) is 0 Å². The molecule has 2 aliphatic carbocycles. The van der Waals surface area contributed by atoms with Crippen molar-refractivity contribution < 1.29 is 9.84 Å². The van der Waals surface area contributed by atoms with Gasteiger partial charge in [-0.05, 0) is 51.5 Å². The predicted octanol–water partition coefficient (Wildman–Crippen LogP) is 1.30. The molecular weight excluding hydrogens is 190 g/mol. The molecule has 2 unspecified atom stereocenters. The van der Waals surface area contributed by atoms with E-state index in [0.29, 0.717) is 18.1 Å². The van der Waals surface area contributed by atoms with Gasteiger partial charge in [-0.15, -0.1) is 0 Å². The van der Waals surface area contributed by atoms with Gasteiger partial charge >= 0.3 is 0 Å². The second-order valence-corrected chi connectivity index (χ2v) is 4.99. The number of rotatable bonds is 5. The summed E-state index contributed by atoms with van der Waals surface area (Å²) in [5.41, 5.74) is 0. The van der Waals surface area contributed by atoms with Crippen LogP contribution in [0.1, 0.15) is 39.0 Å². The van der Waals surface area contributed by atoms with Gasteiger partial charge in [0.2, 0.25) is 0 Å². The van der Waals surface area contributed by atoms with Crippen LogP contribution in [0.15, 0.2) is 0 Å². The summed E-state index contributed by atoms with van der Waals surface area (Å²) >= 11 is 0. The van der Waals surface area contributed by atoms with E-state index in [1.165, 1.54) is 19.3 Å². The average molecular weight is 213 g/mol. The summed E-state index contributed by atoms with van der Waals surface area (Å²) in [7, 11) is 0. The van der Waals surface area contributed by atoms with Gasteiger partial charge in [-0.1, -0.05) is 0 Å². The SMILES string of the molecule is CCOC1CC(NCC2CCC(O)C2)C1. The summed E-state index contributed by atoms with van der Waals surface area (Å²) in [5, 5.41) is 13.0.